The third-order valence-electron chi connectivity index (χ3n) is 2.46. The van der Waals surface area contributed by atoms with Crippen molar-refractivity contribution in [2.75, 3.05) is 0 Å². The first-order valence-corrected chi connectivity index (χ1v) is 7.89. The Morgan fingerprint density at radius 3 is 2.29 bits per heavy atom. The van der Waals surface area contributed by atoms with Gasteiger partial charge in [-0.1, -0.05) is 11.6 Å². The normalized spacial score (nSPS) is 10.9. The van der Waals surface area contributed by atoms with E-state index in [2.05, 4.69) is 36.9 Å². The van der Waals surface area contributed by atoms with Gasteiger partial charge in [-0.25, -0.2) is 0 Å². The minimum atomic E-state index is -0.376. The first-order chi connectivity index (χ1) is 9.95. The highest BCUT2D eigenvalue weighted by molar-refractivity contribution is 9.11. The molecule has 108 valence electrons. The molecule has 0 fully saturated rings. The zero-order chi connectivity index (χ0) is 15.4. The summed E-state index contributed by atoms with van der Waals surface area (Å²) in [6.45, 7) is 1.36. The summed E-state index contributed by atoms with van der Waals surface area (Å²) in [6, 6.07) is 10.9. The lowest BCUT2D eigenvalue weighted by Gasteiger charge is -2.07. The molecule has 0 N–H and O–H groups in total. The Hall–Kier alpha value is -1.17. The average molecular weight is 432 g/mol. The van der Waals surface area contributed by atoms with Gasteiger partial charge in [-0.15, -0.1) is 0 Å². The first kappa shape index (κ1) is 16.2. The standard InChI is InChI=1S/C15H10Br2ClNO2/c1-9(20)21-15-13(16)6-10(7-14(15)17)8-19-12-4-2-11(18)3-5-12/h2-8H,1H3. The van der Waals surface area contributed by atoms with Gasteiger partial charge in [-0.2, -0.15) is 0 Å². The molecule has 0 bridgehead atoms. The summed E-state index contributed by atoms with van der Waals surface area (Å²) >= 11 is 12.6. The number of carbonyl (C=O) groups excluding carboxylic acids is 1. The summed E-state index contributed by atoms with van der Waals surface area (Å²) in [5, 5.41) is 0.671. The van der Waals surface area contributed by atoms with Crippen LogP contribution in [0.25, 0.3) is 0 Å². The van der Waals surface area contributed by atoms with E-state index < -0.39 is 0 Å². The summed E-state index contributed by atoms with van der Waals surface area (Å²) in [4.78, 5) is 15.4. The van der Waals surface area contributed by atoms with Crippen molar-refractivity contribution in [2.45, 2.75) is 6.92 Å². The maximum absolute atomic E-state index is 11.0. The van der Waals surface area contributed by atoms with Crippen LogP contribution in [0.3, 0.4) is 0 Å². The van der Waals surface area contributed by atoms with Gasteiger partial charge in [0.25, 0.3) is 0 Å². The monoisotopic (exact) mass is 429 g/mol. The second-order valence-electron chi connectivity index (χ2n) is 4.14. The van der Waals surface area contributed by atoms with Crippen LogP contribution in [-0.2, 0) is 4.79 Å². The van der Waals surface area contributed by atoms with Gasteiger partial charge in [0.2, 0.25) is 0 Å². The van der Waals surface area contributed by atoms with Crippen LogP contribution in [-0.4, -0.2) is 12.2 Å². The quantitative estimate of drug-likeness (QED) is 0.364. The van der Waals surface area contributed by atoms with Crippen molar-refractivity contribution < 1.29 is 9.53 Å². The first-order valence-electron chi connectivity index (χ1n) is 5.93. The molecule has 0 aliphatic rings. The van der Waals surface area contributed by atoms with E-state index in [1.807, 2.05) is 24.3 Å². The van der Waals surface area contributed by atoms with E-state index in [1.165, 1.54) is 6.92 Å². The van der Waals surface area contributed by atoms with E-state index in [9.17, 15) is 4.79 Å². The van der Waals surface area contributed by atoms with E-state index >= 15 is 0 Å². The smallest absolute Gasteiger partial charge is 0.308 e. The van der Waals surface area contributed by atoms with E-state index in [0.717, 1.165) is 11.3 Å². The second-order valence-corrected chi connectivity index (χ2v) is 6.29. The number of aliphatic imine (C=N–C) groups is 1. The predicted octanol–water partition coefficient (Wildman–Crippen LogP) is 5.54. The Bertz CT molecular complexity index is 676. The van der Waals surface area contributed by atoms with Crippen molar-refractivity contribution in [3.63, 3.8) is 0 Å². The summed E-state index contributed by atoms with van der Waals surface area (Å²) < 4.78 is 6.46. The second kappa shape index (κ2) is 7.20. The Morgan fingerprint density at radius 1 is 1.19 bits per heavy atom. The van der Waals surface area contributed by atoms with Crippen LogP contribution in [0.15, 0.2) is 50.3 Å². The zero-order valence-corrected chi connectivity index (χ0v) is 14.9. The SMILES string of the molecule is CC(=O)Oc1c(Br)cc(C=Nc2ccc(Cl)cc2)cc1Br. The Balaban J connectivity index is 2.25. The lowest BCUT2D eigenvalue weighted by molar-refractivity contribution is -0.131. The fourth-order valence-electron chi connectivity index (χ4n) is 1.57. The number of hydrogen-bond acceptors (Lipinski definition) is 3. The molecule has 0 aliphatic heterocycles. The molecule has 0 radical (unpaired) electrons. The van der Waals surface area contributed by atoms with Crippen LogP contribution < -0.4 is 4.74 Å². The zero-order valence-electron chi connectivity index (χ0n) is 10.9. The van der Waals surface area contributed by atoms with Crippen molar-refractivity contribution in [1.82, 2.24) is 0 Å². The molecule has 0 aromatic heterocycles. The molecule has 0 saturated heterocycles. The molecule has 2 rings (SSSR count). The average Bonchev–Trinajstić information content (AvgIpc) is 2.42. The number of rotatable bonds is 3. The highest BCUT2D eigenvalue weighted by Crippen LogP contribution is 2.34. The maximum atomic E-state index is 11.0. The number of carbonyl (C=O) groups is 1. The molecule has 0 unspecified atom stereocenters. The molecule has 2 aromatic rings. The molecular weight excluding hydrogens is 421 g/mol. The minimum absolute atomic E-state index is 0.376. The number of halogens is 3. The molecule has 6 heteroatoms. The van der Waals surface area contributed by atoms with Crippen LogP contribution >= 0.6 is 43.5 Å². The molecule has 0 aliphatic carbocycles. The highest BCUT2D eigenvalue weighted by atomic mass is 79.9. The third kappa shape index (κ3) is 4.66. The molecule has 0 spiro atoms. The Labute approximate surface area is 144 Å². The van der Waals surface area contributed by atoms with Crippen molar-refractivity contribution in [2.24, 2.45) is 4.99 Å². The van der Waals surface area contributed by atoms with Gasteiger partial charge in [-0.3, -0.25) is 9.79 Å². The lowest BCUT2D eigenvalue weighted by atomic mass is 10.2. The van der Waals surface area contributed by atoms with Gasteiger partial charge in [0.1, 0.15) is 0 Å². The van der Waals surface area contributed by atoms with E-state index in [1.54, 1.807) is 18.3 Å². The number of ether oxygens (including phenoxy) is 1. The van der Waals surface area contributed by atoms with Crippen LogP contribution in [0.1, 0.15) is 12.5 Å². The van der Waals surface area contributed by atoms with E-state index in [0.29, 0.717) is 19.7 Å². The van der Waals surface area contributed by atoms with E-state index in [-0.39, 0.29) is 5.97 Å². The molecule has 0 amide bonds. The van der Waals surface area contributed by atoms with Gasteiger partial charge in [0.15, 0.2) is 5.75 Å². The number of hydrogen-bond donors (Lipinski definition) is 0. The molecule has 0 heterocycles. The topological polar surface area (TPSA) is 38.7 Å². The van der Waals surface area contributed by atoms with Crippen molar-refractivity contribution in [3.8, 4) is 5.75 Å². The fourth-order valence-corrected chi connectivity index (χ4v) is 3.08. The molecule has 3 nitrogen and oxygen atoms in total. The molecule has 0 saturated carbocycles. The van der Waals surface area contributed by atoms with Crippen LogP contribution in [0.4, 0.5) is 5.69 Å². The number of benzene rings is 2. The van der Waals surface area contributed by atoms with Gasteiger partial charge in [0.05, 0.1) is 14.6 Å². The molecular formula is C15H10Br2ClNO2. The van der Waals surface area contributed by atoms with Gasteiger partial charge < -0.3 is 4.74 Å². The summed E-state index contributed by atoms with van der Waals surface area (Å²) in [5.74, 6) is 0.0742. The fraction of sp³-hybridized carbons (Fsp3) is 0.0667. The third-order valence-corrected chi connectivity index (χ3v) is 3.89. The van der Waals surface area contributed by atoms with Crippen LogP contribution in [0, 0.1) is 0 Å². The van der Waals surface area contributed by atoms with Gasteiger partial charge in [0, 0.05) is 18.2 Å². The van der Waals surface area contributed by atoms with Crippen LogP contribution in [0.5, 0.6) is 5.75 Å². The Kier molecular flexibility index (Phi) is 5.56. The number of esters is 1. The predicted molar refractivity (Wildman–Crippen MR) is 91.9 cm³/mol. The molecule has 21 heavy (non-hydrogen) atoms. The summed E-state index contributed by atoms with van der Waals surface area (Å²) in [6.07, 6.45) is 1.72. The Morgan fingerprint density at radius 2 is 1.76 bits per heavy atom. The van der Waals surface area contributed by atoms with Crippen molar-refractivity contribution >= 4 is 61.3 Å². The number of nitrogens with zero attached hydrogens (tertiary/aromatic N) is 1. The van der Waals surface area contributed by atoms with Crippen LogP contribution in [0.2, 0.25) is 5.02 Å². The minimum Gasteiger partial charge on any atom is -0.424 e. The van der Waals surface area contributed by atoms with E-state index in [4.69, 9.17) is 16.3 Å². The van der Waals surface area contributed by atoms with Crippen molar-refractivity contribution in [3.05, 3.63) is 55.9 Å². The van der Waals surface area contributed by atoms with Gasteiger partial charge in [-0.05, 0) is 73.8 Å². The maximum Gasteiger partial charge on any atom is 0.308 e. The lowest BCUT2D eigenvalue weighted by Crippen LogP contribution is -2.03. The molecule has 0 atom stereocenters. The summed E-state index contributed by atoms with van der Waals surface area (Å²) in [7, 11) is 0. The molecule has 2 aromatic carbocycles. The van der Waals surface area contributed by atoms with Crippen molar-refractivity contribution in [1.29, 1.82) is 0 Å². The summed E-state index contributed by atoms with van der Waals surface area (Å²) in [5.41, 5.74) is 1.66. The largest absolute Gasteiger partial charge is 0.424 e. The highest BCUT2D eigenvalue weighted by Gasteiger charge is 2.10. The van der Waals surface area contributed by atoms with Gasteiger partial charge >= 0.3 is 5.97 Å².